The van der Waals surface area contributed by atoms with Gasteiger partial charge in [0.2, 0.25) is 0 Å². The Morgan fingerprint density at radius 2 is 1.22 bits per heavy atom. The fraction of sp³-hybridized carbons (Fsp3) is 0.379. The molecule has 0 fully saturated rings. The molecule has 0 unspecified atom stereocenters. The molecule has 1 radical (unpaired) electrons. The molecule has 1 atom stereocenters. The van der Waals surface area contributed by atoms with E-state index in [-0.39, 0.29) is 5.04 Å². The Balaban J connectivity index is 1.77. The van der Waals surface area contributed by atoms with Crippen molar-refractivity contribution in [2.24, 2.45) is 0 Å². The maximum Gasteiger partial charge on any atom is 0.191 e. The zero-order valence-electron chi connectivity index (χ0n) is 20.5. The molecular formula is C29H39OSi2. The first kappa shape index (κ1) is 24.7. The summed E-state index contributed by atoms with van der Waals surface area (Å²) in [6, 6.07) is 34.6. The molecule has 0 saturated carbocycles. The lowest BCUT2D eigenvalue weighted by Crippen LogP contribution is -2.43. The largest absolute Gasteiger partial charge is 0.417 e. The quantitative estimate of drug-likeness (QED) is 0.237. The van der Waals surface area contributed by atoms with Gasteiger partial charge in [-0.1, -0.05) is 122 Å². The van der Waals surface area contributed by atoms with Gasteiger partial charge in [-0.3, -0.25) is 0 Å². The molecule has 3 heteroatoms. The van der Waals surface area contributed by atoms with Gasteiger partial charge in [-0.25, -0.2) is 0 Å². The lowest BCUT2D eigenvalue weighted by molar-refractivity contribution is 0.276. The highest BCUT2D eigenvalue weighted by Gasteiger charge is 2.36. The smallest absolute Gasteiger partial charge is 0.191 e. The van der Waals surface area contributed by atoms with Crippen LogP contribution in [0.15, 0.2) is 91.0 Å². The van der Waals surface area contributed by atoms with E-state index in [1.54, 1.807) is 0 Å². The Hall–Kier alpha value is -1.95. The highest BCUT2D eigenvalue weighted by Crippen LogP contribution is 2.37. The van der Waals surface area contributed by atoms with Crippen molar-refractivity contribution in [2.75, 3.05) is 6.61 Å². The second kappa shape index (κ2) is 11.3. The first-order chi connectivity index (χ1) is 15.3. The molecule has 3 rings (SSSR count). The molecule has 3 aromatic carbocycles. The van der Waals surface area contributed by atoms with E-state index in [0.717, 1.165) is 13.0 Å². The summed E-state index contributed by atoms with van der Waals surface area (Å²) in [5.41, 5.74) is 1.47. The average Bonchev–Trinajstić information content (AvgIpc) is 2.79. The number of benzene rings is 3. The van der Waals surface area contributed by atoms with Crippen molar-refractivity contribution >= 4 is 27.5 Å². The molecule has 3 aromatic rings. The number of hydrogen-bond donors (Lipinski definition) is 0. The van der Waals surface area contributed by atoms with Gasteiger partial charge < -0.3 is 4.43 Å². The lowest BCUT2D eigenvalue weighted by Gasteiger charge is -2.36. The summed E-state index contributed by atoms with van der Waals surface area (Å²) in [5, 5.41) is 3.27. The van der Waals surface area contributed by atoms with Crippen molar-refractivity contribution < 1.29 is 4.43 Å². The summed E-state index contributed by atoms with van der Waals surface area (Å²) in [4.78, 5) is 0. The molecular weight excluding hydrogens is 420 g/mol. The fourth-order valence-electron chi connectivity index (χ4n) is 3.91. The highest BCUT2D eigenvalue weighted by atomic mass is 28.4. The minimum Gasteiger partial charge on any atom is -0.417 e. The molecule has 0 aromatic heterocycles. The predicted octanol–water partition coefficient (Wildman–Crippen LogP) is 6.88. The fourth-order valence-corrected chi connectivity index (χ4v) is 7.93. The maximum atomic E-state index is 6.50. The van der Waals surface area contributed by atoms with Crippen LogP contribution in [0.3, 0.4) is 0 Å². The molecule has 0 heterocycles. The van der Waals surface area contributed by atoms with Crippen LogP contribution in [-0.2, 0) is 4.43 Å². The van der Waals surface area contributed by atoms with Crippen LogP contribution in [0.2, 0.25) is 24.2 Å². The van der Waals surface area contributed by atoms with Crippen LogP contribution in [0, 0.1) is 0 Å². The summed E-state index contributed by atoms with van der Waals surface area (Å²) < 4.78 is 6.50. The minimum absolute atomic E-state index is 0.266. The number of rotatable bonds is 10. The van der Waals surface area contributed by atoms with E-state index in [4.69, 9.17) is 4.43 Å². The predicted molar refractivity (Wildman–Crippen MR) is 144 cm³/mol. The first-order valence-corrected chi connectivity index (χ1v) is 16.5. The Labute approximate surface area is 198 Å². The van der Waals surface area contributed by atoms with E-state index < -0.39 is 17.1 Å². The Kier molecular flexibility index (Phi) is 8.69. The van der Waals surface area contributed by atoms with Crippen LogP contribution in [0.1, 0.15) is 45.1 Å². The Morgan fingerprint density at radius 3 is 1.69 bits per heavy atom. The van der Waals surface area contributed by atoms with Crippen LogP contribution in [0.4, 0.5) is 0 Å². The van der Waals surface area contributed by atoms with Gasteiger partial charge in [-0.15, -0.1) is 0 Å². The Bertz CT molecular complexity index is 878. The monoisotopic (exact) mass is 459 g/mol. The average molecular weight is 460 g/mol. The van der Waals surface area contributed by atoms with E-state index in [9.17, 15) is 0 Å². The van der Waals surface area contributed by atoms with Crippen LogP contribution < -0.4 is 10.4 Å². The van der Waals surface area contributed by atoms with Gasteiger partial charge in [0.15, 0.2) is 8.32 Å². The van der Waals surface area contributed by atoms with Crippen LogP contribution in [0.5, 0.6) is 0 Å². The summed E-state index contributed by atoms with van der Waals surface area (Å²) >= 11 is 0. The van der Waals surface area contributed by atoms with E-state index in [0.29, 0.717) is 5.92 Å². The van der Waals surface area contributed by atoms with Gasteiger partial charge >= 0.3 is 0 Å². The first-order valence-electron chi connectivity index (χ1n) is 11.9. The van der Waals surface area contributed by atoms with Crippen molar-refractivity contribution in [1.29, 1.82) is 0 Å². The molecule has 169 valence electrons. The number of hydrogen-bond acceptors (Lipinski definition) is 1. The van der Waals surface area contributed by atoms with Gasteiger partial charge in [0.05, 0.1) is 0 Å². The second-order valence-electron chi connectivity index (χ2n) is 10.3. The zero-order chi connectivity index (χ0) is 23.0. The van der Waals surface area contributed by atoms with Gasteiger partial charge in [-0.2, -0.15) is 0 Å². The highest BCUT2D eigenvalue weighted by molar-refractivity contribution is 6.85. The Morgan fingerprint density at radius 1 is 0.750 bits per heavy atom. The molecule has 1 nitrogen and oxygen atoms in total. The standard InChI is InChI=1S/C29H39OSi2/c1-29(2,3)32(4,5)30-23-15-18-26(25-16-9-6-10-17-25)24-31(27-19-11-7-12-20-27)28-21-13-8-14-22-28/h6-14,16-17,19-22,26H,15,18,23-24H2,1-5H3/t26-/m1/s1. The molecule has 0 saturated heterocycles. The zero-order valence-corrected chi connectivity index (χ0v) is 22.5. The SMILES string of the molecule is CC(C)(C)[Si](C)(C)OCCC[C@H](C[Si](c1ccccc1)c1ccccc1)c1ccccc1. The van der Waals surface area contributed by atoms with E-state index in [1.165, 1.54) is 28.4 Å². The van der Waals surface area contributed by atoms with E-state index in [1.807, 2.05) is 0 Å². The van der Waals surface area contributed by atoms with Crippen molar-refractivity contribution in [3.63, 3.8) is 0 Å². The van der Waals surface area contributed by atoms with E-state index in [2.05, 4.69) is 125 Å². The molecule has 0 bridgehead atoms. The second-order valence-corrected chi connectivity index (χ2v) is 17.6. The summed E-state index contributed by atoms with van der Waals surface area (Å²) in [5.74, 6) is 0.550. The topological polar surface area (TPSA) is 9.23 Å². The van der Waals surface area contributed by atoms with Crippen molar-refractivity contribution in [3.8, 4) is 0 Å². The molecule has 0 aliphatic rings. The van der Waals surface area contributed by atoms with Crippen LogP contribution in [-0.4, -0.2) is 23.7 Å². The van der Waals surface area contributed by atoms with Gasteiger partial charge in [0.1, 0.15) is 8.80 Å². The van der Waals surface area contributed by atoms with Gasteiger partial charge in [0.25, 0.3) is 0 Å². The van der Waals surface area contributed by atoms with Gasteiger partial charge in [-0.05, 0) is 48.5 Å². The molecule has 0 spiro atoms. The van der Waals surface area contributed by atoms with Crippen molar-refractivity contribution in [3.05, 3.63) is 96.6 Å². The van der Waals surface area contributed by atoms with Crippen molar-refractivity contribution in [2.45, 2.75) is 63.7 Å². The third-order valence-electron chi connectivity index (χ3n) is 6.93. The molecule has 0 amide bonds. The molecule has 32 heavy (non-hydrogen) atoms. The third-order valence-corrected chi connectivity index (χ3v) is 14.4. The summed E-state index contributed by atoms with van der Waals surface area (Å²) in [6.45, 7) is 12.5. The van der Waals surface area contributed by atoms with Crippen LogP contribution >= 0.6 is 0 Å². The maximum absolute atomic E-state index is 6.50. The summed E-state index contributed by atoms with van der Waals surface area (Å²) in [7, 11) is -2.55. The molecule has 0 aliphatic carbocycles. The summed E-state index contributed by atoms with van der Waals surface area (Å²) in [6.07, 6.45) is 2.29. The molecule has 0 N–H and O–H groups in total. The van der Waals surface area contributed by atoms with Crippen molar-refractivity contribution in [1.82, 2.24) is 0 Å². The lowest BCUT2D eigenvalue weighted by atomic mass is 9.96. The third kappa shape index (κ3) is 6.77. The van der Waals surface area contributed by atoms with E-state index >= 15 is 0 Å². The molecule has 0 aliphatic heterocycles. The van der Waals surface area contributed by atoms with Crippen LogP contribution in [0.25, 0.3) is 0 Å². The minimum atomic E-state index is -1.69. The van der Waals surface area contributed by atoms with Gasteiger partial charge in [0, 0.05) is 6.61 Å². The normalized spacial score (nSPS) is 13.3.